The first kappa shape index (κ1) is 13.1. The van der Waals surface area contributed by atoms with Crippen molar-refractivity contribution < 1.29 is 9.90 Å². The number of carbonyl (C=O) groups excluding carboxylic acids is 1. The molecular weight excluding hydrogens is 254 g/mol. The highest BCUT2D eigenvalue weighted by Crippen LogP contribution is 2.24. The Kier molecular flexibility index (Phi) is 3.69. The molecule has 1 fully saturated rings. The Bertz CT molecular complexity index is 606. The SMILES string of the molecule is O=C(c1cccc2cn[nH]c12)N1CCCCC1CCO. The van der Waals surface area contributed by atoms with Crippen LogP contribution in [0.3, 0.4) is 0 Å². The van der Waals surface area contributed by atoms with E-state index in [0.29, 0.717) is 12.0 Å². The van der Waals surface area contributed by atoms with Crippen molar-refractivity contribution in [3.05, 3.63) is 30.0 Å². The topological polar surface area (TPSA) is 69.2 Å². The number of H-pyrrole nitrogens is 1. The van der Waals surface area contributed by atoms with E-state index >= 15 is 0 Å². The van der Waals surface area contributed by atoms with Crippen LogP contribution in [0.2, 0.25) is 0 Å². The lowest BCUT2D eigenvalue weighted by atomic mass is 9.98. The second-order valence-electron chi connectivity index (χ2n) is 5.30. The third-order valence-electron chi connectivity index (χ3n) is 4.06. The summed E-state index contributed by atoms with van der Waals surface area (Å²) in [6.07, 6.45) is 5.53. The van der Waals surface area contributed by atoms with E-state index < -0.39 is 0 Å². The van der Waals surface area contributed by atoms with Gasteiger partial charge in [0.05, 0.1) is 17.3 Å². The monoisotopic (exact) mass is 273 g/mol. The summed E-state index contributed by atoms with van der Waals surface area (Å²) in [7, 11) is 0. The molecule has 0 aliphatic carbocycles. The number of hydrogen-bond acceptors (Lipinski definition) is 3. The molecule has 1 aliphatic rings. The lowest BCUT2D eigenvalue weighted by Gasteiger charge is -2.35. The van der Waals surface area contributed by atoms with Gasteiger partial charge in [-0.1, -0.05) is 12.1 Å². The number of para-hydroxylation sites is 1. The molecule has 1 saturated heterocycles. The summed E-state index contributed by atoms with van der Waals surface area (Å²) in [6.45, 7) is 0.900. The minimum absolute atomic E-state index is 0.0398. The van der Waals surface area contributed by atoms with Crippen LogP contribution in [-0.2, 0) is 0 Å². The van der Waals surface area contributed by atoms with Crippen LogP contribution in [0.5, 0.6) is 0 Å². The Morgan fingerprint density at radius 3 is 3.20 bits per heavy atom. The van der Waals surface area contributed by atoms with Gasteiger partial charge in [-0.25, -0.2) is 0 Å². The van der Waals surface area contributed by atoms with Gasteiger partial charge in [0.2, 0.25) is 0 Å². The fourth-order valence-corrected chi connectivity index (χ4v) is 3.02. The molecule has 2 heterocycles. The van der Waals surface area contributed by atoms with Gasteiger partial charge in [0.1, 0.15) is 0 Å². The van der Waals surface area contributed by atoms with Crippen LogP contribution in [0.1, 0.15) is 36.0 Å². The number of aliphatic hydroxyl groups is 1. The smallest absolute Gasteiger partial charge is 0.256 e. The summed E-state index contributed by atoms with van der Waals surface area (Å²) in [5.74, 6) is 0.0398. The number of aromatic nitrogens is 2. The van der Waals surface area contributed by atoms with Crippen LogP contribution in [0.4, 0.5) is 0 Å². The lowest BCUT2D eigenvalue weighted by Crippen LogP contribution is -2.44. The molecule has 2 aromatic rings. The first-order valence-electron chi connectivity index (χ1n) is 7.15. The van der Waals surface area contributed by atoms with Crippen molar-refractivity contribution in [1.82, 2.24) is 15.1 Å². The average molecular weight is 273 g/mol. The average Bonchev–Trinajstić information content (AvgIpc) is 2.96. The van der Waals surface area contributed by atoms with Crippen molar-refractivity contribution in [2.75, 3.05) is 13.2 Å². The zero-order chi connectivity index (χ0) is 13.9. The third kappa shape index (κ3) is 2.29. The molecule has 0 spiro atoms. The largest absolute Gasteiger partial charge is 0.396 e. The Balaban J connectivity index is 1.92. The number of carbonyl (C=O) groups is 1. The van der Waals surface area contributed by atoms with Crippen LogP contribution in [0, 0.1) is 0 Å². The molecule has 1 aliphatic heterocycles. The maximum absolute atomic E-state index is 12.8. The number of aliphatic hydroxyl groups excluding tert-OH is 1. The molecule has 5 heteroatoms. The van der Waals surface area contributed by atoms with Crippen LogP contribution >= 0.6 is 0 Å². The van der Waals surface area contributed by atoms with Crippen LogP contribution in [0.15, 0.2) is 24.4 Å². The normalized spacial score (nSPS) is 19.4. The second-order valence-corrected chi connectivity index (χ2v) is 5.30. The van der Waals surface area contributed by atoms with Crippen molar-refractivity contribution >= 4 is 16.8 Å². The summed E-state index contributed by atoms with van der Waals surface area (Å²) in [4.78, 5) is 14.7. The van der Waals surface area contributed by atoms with Crippen molar-refractivity contribution in [3.63, 3.8) is 0 Å². The van der Waals surface area contributed by atoms with E-state index in [9.17, 15) is 9.90 Å². The second kappa shape index (κ2) is 5.63. The Hall–Kier alpha value is -1.88. The van der Waals surface area contributed by atoms with Crippen LogP contribution in [-0.4, -0.2) is 45.3 Å². The molecule has 1 aromatic heterocycles. The van der Waals surface area contributed by atoms with E-state index in [1.54, 1.807) is 6.20 Å². The first-order valence-corrected chi connectivity index (χ1v) is 7.15. The van der Waals surface area contributed by atoms with Gasteiger partial charge in [0.15, 0.2) is 0 Å². The number of benzene rings is 1. The van der Waals surface area contributed by atoms with E-state index in [4.69, 9.17) is 0 Å². The molecule has 1 amide bonds. The fraction of sp³-hybridized carbons (Fsp3) is 0.467. The highest BCUT2D eigenvalue weighted by atomic mass is 16.3. The number of likely N-dealkylation sites (tertiary alicyclic amines) is 1. The summed E-state index contributed by atoms with van der Waals surface area (Å²) < 4.78 is 0. The van der Waals surface area contributed by atoms with Gasteiger partial charge >= 0.3 is 0 Å². The molecule has 1 atom stereocenters. The number of aromatic amines is 1. The zero-order valence-electron chi connectivity index (χ0n) is 11.4. The maximum Gasteiger partial charge on any atom is 0.256 e. The van der Waals surface area contributed by atoms with E-state index in [2.05, 4.69) is 10.2 Å². The molecule has 106 valence electrons. The molecule has 1 aromatic carbocycles. The van der Waals surface area contributed by atoms with E-state index in [1.807, 2.05) is 23.1 Å². The fourth-order valence-electron chi connectivity index (χ4n) is 3.02. The van der Waals surface area contributed by atoms with Gasteiger partial charge in [-0.05, 0) is 31.7 Å². The van der Waals surface area contributed by atoms with Crippen molar-refractivity contribution in [2.45, 2.75) is 31.7 Å². The molecule has 1 unspecified atom stereocenters. The molecule has 3 rings (SSSR count). The molecule has 2 N–H and O–H groups in total. The number of fused-ring (bicyclic) bond motifs is 1. The number of amides is 1. The minimum Gasteiger partial charge on any atom is -0.396 e. The van der Waals surface area contributed by atoms with Gasteiger partial charge in [-0.3, -0.25) is 9.89 Å². The summed E-state index contributed by atoms with van der Waals surface area (Å²) in [5.41, 5.74) is 1.47. The van der Waals surface area contributed by atoms with Gasteiger partial charge in [0.25, 0.3) is 5.91 Å². The molecule has 0 radical (unpaired) electrons. The molecule has 0 saturated carbocycles. The molecule has 20 heavy (non-hydrogen) atoms. The van der Waals surface area contributed by atoms with E-state index in [1.165, 1.54) is 0 Å². The van der Waals surface area contributed by atoms with E-state index in [-0.39, 0.29) is 18.6 Å². The van der Waals surface area contributed by atoms with Gasteiger partial charge < -0.3 is 10.0 Å². The predicted octanol–water partition coefficient (Wildman–Crippen LogP) is 1.94. The number of nitrogens with zero attached hydrogens (tertiary/aromatic N) is 2. The molecule has 5 nitrogen and oxygen atoms in total. The predicted molar refractivity (Wildman–Crippen MR) is 76.5 cm³/mol. The number of rotatable bonds is 3. The summed E-state index contributed by atoms with van der Waals surface area (Å²) >= 11 is 0. The zero-order valence-corrected chi connectivity index (χ0v) is 11.4. The van der Waals surface area contributed by atoms with Gasteiger partial charge in [0, 0.05) is 24.6 Å². The van der Waals surface area contributed by atoms with Crippen molar-refractivity contribution in [3.8, 4) is 0 Å². The molecule has 0 bridgehead atoms. The Labute approximate surface area is 117 Å². The summed E-state index contributed by atoms with van der Waals surface area (Å²) in [6, 6.07) is 5.82. The summed E-state index contributed by atoms with van der Waals surface area (Å²) in [5, 5.41) is 17.0. The molecular formula is C15H19N3O2. The third-order valence-corrected chi connectivity index (χ3v) is 4.06. The maximum atomic E-state index is 12.8. The van der Waals surface area contributed by atoms with Gasteiger partial charge in [-0.2, -0.15) is 5.10 Å². The number of nitrogens with one attached hydrogen (secondary N) is 1. The number of piperidine rings is 1. The highest BCUT2D eigenvalue weighted by molar-refractivity contribution is 6.05. The standard InChI is InChI=1S/C15H19N3O2/c19-9-7-12-5-1-2-8-18(12)15(20)13-6-3-4-11-10-16-17-14(11)13/h3-4,6,10,12,19H,1-2,5,7-9H2,(H,16,17). The Morgan fingerprint density at radius 2 is 2.35 bits per heavy atom. The lowest BCUT2D eigenvalue weighted by molar-refractivity contribution is 0.0576. The Morgan fingerprint density at radius 1 is 1.45 bits per heavy atom. The van der Waals surface area contributed by atoms with Crippen molar-refractivity contribution in [1.29, 1.82) is 0 Å². The minimum atomic E-state index is 0.0398. The van der Waals surface area contributed by atoms with Crippen molar-refractivity contribution in [2.24, 2.45) is 0 Å². The van der Waals surface area contributed by atoms with Gasteiger partial charge in [-0.15, -0.1) is 0 Å². The number of hydrogen-bond donors (Lipinski definition) is 2. The van der Waals surface area contributed by atoms with Crippen LogP contribution in [0.25, 0.3) is 10.9 Å². The first-order chi connectivity index (χ1) is 9.81. The van der Waals surface area contributed by atoms with Crippen LogP contribution < -0.4 is 0 Å². The quantitative estimate of drug-likeness (QED) is 0.898. The van der Waals surface area contributed by atoms with E-state index in [0.717, 1.165) is 36.7 Å². The highest BCUT2D eigenvalue weighted by Gasteiger charge is 2.28.